The lowest BCUT2D eigenvalue weighted by molar-refractivity contribution is -0.114. The van der Waals surface area contributed by atoms with Gasteiger partial charge in [0.25, 0.3) is 5.91 Å². The van der Waals surface area contributed by atoms with Gasteiger partial charge in [-0.1, -0.05) is 41.5 Å². The molecule has 1 aliphatic heterocycles. The predicted octanol–water partition coefficient (Wildman–Crippen LogP) is 5.45. The van der Waals surface area contributed by atoms with E-state index in [1.165, 1.54) is 11.1 Å². The van der Waals surface area contributed by atoms with E-state index in [2.05, 4.69) is 25.2 Å². The molecule has 0 radical (unpaired) electrons. The third-order valence-corrected chi connectivity index (χ3v) is 5.47. The molecule has 4 rings (SSSR count). The Balaban J connectivity index is 1.69. The minimum atomic E-state index is -0.0850. The molecular formula is C22H20N2OS. The highest BCUT2D eigenvalue weighted by molar-refractivity contribution is 7.10. The van der Waals surface area contributed by atoms with E-state index >= 15 is 0 Å². The highest BCUT2D eigenvalue weighted by atomic mass is 32.1. The Bertz CT molecular complexity index is 941. The Labute approximate surface area is 157 Å². The third-order valence-electron chi connectivity index (χ3n) is 4.53. The lowest BCUT2D eigenvalue weighted by atomic mass is 10.2. The van der Waals surface area contributed by atoms with Crippen LogP contribution in [-0.4, -0.2) is 5.91 Å². The first kappa shape index (κ1) is 16.6. The zero-order valence-corrected chi connectivity index (χ0v) is 15.6. The molecule has 1 aliphatic rings. The van der Waals surface area contributed by atoms with Gasteiger partial charge in [0.15, 0.2) is 0 Å². The first-order valence-corrected chi connectivity index (χ1v) is 9.49. The van der Waals surface area contributed by atoms with Crippen LogP contribution in [0.4, 0.5) is 11.4 Å². The molecule has 0 aliphatic carbocycles. The summed E-state index contributed by atoms with van der Waals surface area (Å²) in [4.78, 5) is 16.2. The summed E-state index contributed by atoms with van der Waals surface area (Å²) < 4.78 is 0. The number of carbonyl (C=O) groups excluding carboxylic acids is 1. The van der Waals surface area contributed by atoms with Crippen LogP contribution in [-0.2, 0) is 4.79 Å². The molecule has 1 amide bonds. The Morgan fingerprint density at radius 1 is 0.923 bits per heavy atom. The van der Waals surface area contributed by atoms with Crippen molar-refractivity contribution in [3.05, 3.63) is 93.8 Å². The van der Waals surface area contributed by atoms with Crippen LogP contribution < -0.4 is 10.2 Å². The number of amides is 1. The fourth-order valence-corrected chi connectivity index (χ4v) is 3.88. The van der Waals surface area contributed by atoms with Crippen molar-refractivity contribution in [1.29, 1.82) is 0 Å². The zero-order chi connectivity index (χ0) is 18.1. The molecule has 4 heteroatoms. The second-order valence-corrected chi connectivity index (χ2v) is 7.52. The van der Waals surface area contributed by atoms with Crippen LogP contribution in [0.2, 0.25) is 0 Å². The van der Waals surface area contributed by atoms with Gasteiger partial charge in [0.1, 0.15) is 5.70 Å². The molecule has 1 aromatic heterocycles. The van der Waals surface area contributed by atoms with Gasteiger partial charge < -0.3 is 5.32 Å². The van der Waals surface area contributed by atoms with Crippen molar-refractivity contribution in [1.82, 2.24) is 0 Å². The molecule has 1 N–H and O–H groups in total. The maximum Gasteiger partial charge on any atom is 0.275 e. The molecule has 3 aromatic rings. The molecule has 130 valence electrons. The predicted molar refractivity (Wildman–Crippen MR) is 109 cm³/mol. The number of benzene rings is 2. The van der Waals surface area contributed by atoms with Crippen LogP contribution in [0.1, 0.15) is 22.0 Å². The van der Waals surface area contributed by atoms with E-state index in [9.17, 15) is 4.79 Å². The minimum Gasteiger partial charge on any atom is -0.351 e. The fourth-order valence-electron chi connectivity index (χ4n) is 3.10. The molecule has 0 bridgehead atoms. The summed E-state index contributed by atoms with van der Waals surface area (Å²) in [6.45, 7) is 4.10. The summed E-state index contributed by atoms with van der Waals surface area (Å²) in [6.07, 6.45) is 2.02. The normalized spacial score (nSPS) is 16.7. The number of thiophene rings is 1. The average molecular weight is 360 g/mol. The van der Waals surface area contributed by atoms with Crippen molar-refractivity contribution in [2.75, 3.05) is 10.2 Å². The van der Waals surface area contributed by atoms with Crippen LogP contribution >= 0.6 is 11.3 Å². The van der Waals surface area contributed by atoms with Gasteiger partial charge in [-0.15, -0.1) is 11.3 Å². The highest BCUT2D eigenvalue weighted by Crippen LogP contribution is 2.37. The van der Waals surface area contributed by atoms with E-state index in [1.807, 2.05) is 71.0 Å². The second-order valence-electron chi connectivity index (χ2n) is 6.54. The minimum absolute atomic E-state index is 0.00664. The van der Waals surface area contributed by atoms with E-state index in [4.69, 9.17) is 0 Å². The van der Waals surface area contributed by atoms with Crippen molar-refractivity contribution in [3.8, 4) is 0 Å². The van der Waals surface area contributed by atoms with Crippen LogP contribution in [0, 0.1) is 13.8 Å². The molecular weight excluding hydrogens is 340 g/mol. The Morgan fingerprint density at radius 2 is 1.58 bits per heavy atom. The maximum absolute atomic E-state index is 13.2. The molecule has 2 aromatic carbocycles. The maximum atomic E-state index is 13.2. The van der Waals surface area contributed by atoms with E-state index in [0.717, 1.165) is 16.3 Å². The zero-order valence-electron chi connectivity index (χ0n) is 14.8. The van der Waals surface area contributed by atoms with Crippen molar-refractivity contribution in [2.24, 2.45) is 0 Å². The monoisotopic (exact) mass is 360 g/mol. The molecule has 0 fully saturated rings. The lowest BCUT2D eigenvalue weighted by Gasteiger charge is -2.24. The molecule has 0 spiro atoms. The topological polar surface area (TPSA) is 32.3 Å². The van der Waals surface area contributed by atoms with E-state index < -0.39 is 0 Å². The summed E-state index contributed by atoms with van der Waals surface area (Å²) in [7, 11) is 0. The smallest absolute Gasteiger partial charge is 0.275 e. The average Bonchev–Trinajstić information content (AvgIpc) is 3.27. The number of aryl methyl sites for hydroxylation is 2. The number of hydrogen-bond acceptors (Lipinski definition) is 3. The van der Waals surface area contributed by atoms with Crippen LogP contribution in [0.15, 0.2) is 77.8 Å². The molecule has 3 nitrogen and oxygen atoms in total. The number of nitrogens with zero attached hydrogens (tertiary/aromatic N) is 1. The lowest BCUT2D eigenvalue weighted by Crippen LogP contribution is -2.30. The number of nitrogens with one attached hydrogen (secondary N) is 1. The third kappa shape index (κ3) is 3.16. The van der Waals surface area contributed by atoms with Crippen LogP contribution in [0.3, 0.4) is 0 Å². The van der Waals surface area contributed by atoms with Crippen LogP contribution in [0.5, 0.6) is 0 Å². The van der Waals surface area contributed by atoms with Crippen molar-refractivity contribution in [3.63, 3.8) is 0 Å². The molecule has 0 saturated heterocycles. The van der Waals surface area contributed by atoms with E-state index in [1.54, 1.807) is 11.3 Å². The van der Waals surface area contributed by atoms with Crippen molar-refractivity contribution < 1.29 is 4.79 Å². The summed E-state index contributed by atoms with van der Waals surface area (Å²) in [5.41, 5.74) is 4.83. The first-order valence-electron chi connectivity index (χ1n) is 8.61. The number of carbonyl (C=O) groups is 1. The van der Waals surface area contributed by atoms with Gasteiger partial charge in [-0.3, -0.25) is 9.69 Å². The Kier molecular flexibility index (Phi) is 4.35. The summed E-state index contributed by atoms with van der Waals surface area (Å²) in [5.74, 6) is -0.00664. The van der Waals surface area contributed by atoms with Crippen LogP contribution in [0.25, 0.3) is 0 Å². The number of anilines is 2. The molecule has 0 saturated carbocycles. The van der Waals surface area contributed by atoms with Gasteiger partial charge in [-0.05, 0) is 55.6 Å². The largest absolute Gasteiger partial charge is 0.351 e. The van der Waals surface area contributed by atoms with E-state index in [0.29, 0.717) is 5.70 Å². The first-order chi connectivity index (χ1) is 12.6. The van der Waals surface area contributed by atoms with Gasteiger partial charge in [-0.25, -0.2) is 0 Å². The van der Waals surface area contributed by atoms with Gasteiger partial charge in [0, 0.05) is 16.3 Å². The summed E-state index contributed by atoms with van der Waals surface area (Å²) in [6, 6.07) is 20.2. The Morgan fingerprint density at radius 3 is 2.19 bits per heavy atom. The molecule has 0 unspecified atom stereocenters. The van der Waals surface area contributed by atoms with Crippen molar-refractivity contribution in [2.45, 2.75) is 19.9 Å². The van der Waals surface area contributed by atoms with E-state index in [-0.39, 0.29) is 11.9 Å². The van der Waals surface area contributed by atoms with Gasteiger partial charge >= 0.3 is 0 Å². The SMILES string of the molecule is Cc1ccc(NC2=C[C@@H](c3cccs3)N(c3ccc(C)cc3)C2=O)cc1. The standard InChI is InChI=1S/C22H20N2OS/c1-15-5-9-17(10-6-15)23-19-14-20(21-4-3-13-26-21)24(22(19)25)18-11-7-16(2)8-12-18/h3-14,20,23H,1-2H3/t20-/m0/s1. The molecule has 26 heavy (non-hydrogen) atoms. The summed E-state index contributed by atoms with van der Waals surface area (Å²) in [5, 5.41) is 5.34. The van der Waals surface area contributed by atoms with Gasteiger partial charge in [-0.2, -0.15) is 0 Å². The summed E-state index contributed by atoms with van der Waals surface area (Å²) >= 11 is 1.67. The number of hydrogen-bond donors (Lipinski definition) is 1. The van der Waals surface area contributed by atoms with Gasteiger partial charge in [0.05, 0.1) is 6.04 Å². The fraction of sp³-hybridized carbons (Fsp3) is 0.136. The van der Waals surface area contributed by atoms with Gasteiger partial charge in [0.2, 0.25) is 0 Å². The Hall–Kier alpha value is -2.85. The second kappa shape index (κ2) is 6.81. The molecule has 1 atom stereocenters. The highest BCUT2D eigenvalue weighted by Gasteiger charge is 2.35. The number of rotatable bonds is 4. The van der Waals surface area contributed by atoms with Crippen molar-refractivity contribution >= 4 is 28.6 Å². The molecule has 2 heterocycles. The quantitative estimate of drug-likeness (QED) is 0.671.